The van der Waals surface area contributed by atoms with Crippen LogP contribution in [-0.2, 0) is 4.79 Å². The fourth-order valence-corrected chi connectivity index (χ4v) is 2.23. The molecule has 1 saturated heterocycles. The predicted molar refractivity (Wildman–Crippen MR) is 74.0 cm³/mol. The molecule has 1 fully saturated rings. The minimum Gasteiger partial charge on any atom is -0.483 e. The van der Waals surface area contributed by atoms with E-state index in [1.165, 1.54) is 6.42 Å². The van der Waals surface area contributed by atoms with Gasteiger partial charge in [-0.05, 0) is 31.4 Å². The van der Waals surface area contributed by atoms with E-state index in [0.29, 0.717) is 11.3 Å². The Hall–Kier alpha value is -2.08. The van der Waals surface area contributed by atoms with E-state index in [1.54, 1.807) is 29.2 Å². The number of para-hydroxylation sites is 1. The second-order valence-corrected chi connectivity index (χ2v) is 4.70. The van der Waals surface area contributed by atoms with Gasteiger partial charge in [-0.1, -0.05) is 12.1 Å². The number of piperidine rings is 1. The molecule has 1 aromatic rings. The second-order valence-electron chi connectivity index (χ2n) is 4.70. The molecule has 0 aromatic heterocycles. The maximum absolute atomic E-state index is 12.0. The van der Waals surface area contributed by atoms with Crippen molar-refractivity contribution in [2.24, 2.45) is 5.84 Å². The van der Waals surface area contributed by atoms with E-state index >= 15 is 0 Å². The van der Waals surface area contributed by atoms with E-state index in [1.807, 2.05) is 0 Å². The summed E-state index contributed by atoms with van der Waals surface area (Å²) in [5.41, 5.74) is 2.38. The predicted octanol–water partition coefficient (Wildman–Crippen LogP) is 0.681. The lowest BCUT2D eigenvalue weighted by molar-refractivity contribution is -0.134. The molecular formula is C14H19N3O3. The minimum absolute atomic E-state index is 0.0485. The number of nitrogens with two attached hydrogens (primary N) is 1. The minimum atomic E-state index is -0.439. The van der Waals surface area contributed by atoms with Crippen molar-refractivity contribution in [3.05, 3.63) is 29.8 Å². The van der Waals surface area contributed by atoms with Gasteiger partial charge in [0.25, 0.3) is 11.8 Å². The molecule has 1 aromatic carbocycles. The fourth-order valence-electron chi connectivity index (χ4n) is 2.23. The zero-order chi connectivity index (χ0) is 14.4. The summed E-state index contributed by atoms with van der Waals surface area (Å²) in [5.74, 6) is 4.99. The zero-order valence-corrected chi connectivity index (χ0v) is 11.3. The van der Waals surface area contributed by atoms with Gasteiger partial charge in [0.1, 0.15) is 5.75 Å². The molecule has 1 heterocycles. The van der Waals surface area contributed by atoms with Crippen LogP contribution in [0.25, 0.3) is 0 Å². The number of ether oxygens (including phenoxy) is 1. The van der Waals surface area contributed by atoms with E-state index in [9.17, 15) is 9.59 Å². The lowest BCUT2D eigenvalue weighted by Crippen LogP contribution is -2.38. The molecule has 0 unspecified atom stereocenters. The number of carbonyl (C=O) groups is 2. The van der Waals surface area contributed by atoms with Gasteiger partial charge in [-0.2, -0.15) is 0 Å². The number of nitrogens with zero attached hydrogens (tertiary/aromatic N) is 1. The number of hydrogen-bond donors (Lipinski definition) is 2. The molecule has 2 rings (SSSR count). The van der Waals surface area contributed by atoms with Gasteiger partial charge in [-0.25, -0.2) is 5.84 Å². The van der Waals surface area contributed by atoms with Crippen molar-refractivity contribution in [2.45, 2.75) is 19.3 Å². The summed E-state index contributed by atoms with van der Waals surface area (Å²) in [5, 5.41) is 0. The molecule has 2 amide bonds. The molecule has 0 radical (unpaired) electrons. The summed E-state index contributed by atoms with van der Waals surface area (Å²) in [6, 6.07) is 6.70. The summed E-state index contributed by atoms with van der Waals surface area (Å²) in [6.45, 7) is 1.51. The van der Waals surface area contributed by atoms with Crippen molar-refractivity contribution in [1.29, 1.82) is 0 Å². The first-order chi connectivity index (χ1) is 9.72. The van der Waals surface area contributed by atoms with E-state index < -0.39 is 5.91 Å². The lowest BCUT2D eigenvalue weighted by atomic mass is 10.1. The number of carbonyl (C=O) groups excluding carboxylic acids is 2. The smallest absolute Gasteiger partial charge is 0.268 e. The van der Waals surface area contributed by atoms with Crippen LogP contribution >= 0.6 is 0 Å². The average Bonchev–Trinajstić information content (AvgIpc) is 2.53. The summed E-state index contributed by atoms with van der Waals surface area (Å²) in [7, 11) is 0. The van der Waals surface area contributed by atoms with Crippen LogP contribution in [0.5, 0.6) is 5.75 Å². The van der Waals surface area contributed by atoms with Crippen molar-refractivity contribution in [1.82, 2.24) is 10.3 Å². The summed E-state index contributed by atoms with van der Waals surface area (Å²) in [4.78, 5) is 25.4. The average molecular weight is 277 g/mol. The first-order valence-electron chi connectivity index (χ1n) is 6.73. The largest absolute Gasteiger partial charge is 0.483 e. The number of nitrogens with one attached hydrogen (secondary N) is 1. The molecule has 0 bridgehead atoms. The normalized spacial score (nSPS) is 14.8. The van der Waals surface area contributed by atoms with Crippen LogP contribution in [0.15, 0.2) is 24.3 Å². The van der Waals surface area contributed by atoms with Gasteiger partial charge in [0.2, 0.25) is 0 Å². The van der Waals surface area contributed by atoms with E-state index in [0.717, 1.165) is 25.9 Å². The topological polar surface area (TPSA) is 84.7 Å². The van der Waals surface area contributed by atoms with Crippen LogP contribution in [0.2, 0.25) is 0 Å². The van der Waals surface area contributed by atoms with Gasteiger partial charge >= 0.3 is 0 Å². The van der Waals surface area contributed by atoms with Gasteiger partial charge in [0.05, 0.1) is 5.56 Å². The number of hydrazine groups is 1. The highest BCUT2D eigenvalue weighted by Crippen LogP contribution is 2.18. The van der Waals surface area contributed by atoms with Gasteiger partial charge in [0, 0.05) is 13.1 Å². The number of rotatable bonds is 4. The van der Waals surface area contributed by atoms with Crippen LogP contribution in [-0.4, -0.2) is 36.4 Å². The molecule has 1 aliphatic heterocycles. The van der Waals surface area contributed by atoms with Crippen LogP contribution in [0.4, 0.5) is 0 Å². The summed E-state index contributed by atoms with van der Waals surface area (Å²) in [6.07, 6.45) is 3.25. The molecule has 0 spiro atoms. The number of nitrogen functional groups attached to an aromatic ring is 1. The Morgan fingerprint density at radius 2 is 1.90 bits per heavy atom. The third kappa shape index (κ3) is 3.48. The maximum atomic E-state index is 12.0. The summed E-state index contributed by atoms with van der Waals surface area (Å²) >= 11 is 0. The third-order valence-corrected chi connectivity index (χ3v) is 3.32. The van der Waals surface area contributed by atoms with Crippen molar-refractivity contribution < 1.29 is 14.3 Å². The van der Waals surface area contributed by atoms with E-state index in [-0.39, 0.29) is 12.5 Å². The highest BCUT2D eigenvalue weighted by atomic mass is 16.5. The summed E-state index contributed by atoms with van der Waals surface area (Å²) < 4.78 is 5.47. The van der Waals surface area contributed by atoms with Crippen molar-refractivity contribution in [3.8, 4) is 5.75 Å². The lowest BCUT2D eigenvalue weighted by Gasteiger charge is -2.26. The number of hydrogen-bond acceptors (Lipinski definition) is 4. The second kappa shape index (κ2) is 6.91. The standard InChI is InChI=1S/C14H19N3O3/c15-16-14(19)11-6-2-3-7-12(11)20-10-13(18)17-8-4-1-5-9-17/h2-3,6-7H,1,4-5,8-10,15H2,(H,16,19). The van der Waals surface area contributed by atoms with Gasteiger partial charge in [-0.15, -0.1) is 0 Å². The molecular weight excluding hydrogens is 258 g/mol. The maximum Gasteiger partial charge on any atom is 0.268 e. The van der Waals surface area contributed by atoms with Crippen molar-refractivity contribution in [3.63, 3.8) is 0 Å². The molecule has 3 N–H and O–H groups in total. The van der Waals surface area contributed by atoms with Crippen LogP contribution in [0, 0.1) is 0 Å². The number of amides is 2. The van der Waals surface area contributed by atoms with Gasteiger partial charge in [0.15, 0.2) is 6.61 Å². The Balaban J connectivity index is 1.96. The first kappa shape index (κ1) is 14.3. The molecule has 6 nitrogen and oxygen atoms in total. The number of likely N-dealkylation sites (tertiary alicyclic amines) is 1. The highest BCUT2D eigenvalue weighted by molar-refractivity contribution is 5.96. The fraction of sp³-hybridized carbons (Fsp3) is 0.429. The Kier molecular flexibility index (Phi) is 4.95. The Morgan fingerprint density at radius 3 is 2.60 bits per heavy atom. The van der Waals surface area contributed by atoms with Crippen LogP contribution in [0.1, 0.15) is 29.6 Å². The molecule has 0 aliphatic carbocycles. The molecule has 1 aliphatic rings. The molecule has 6 heteroatoms. The molecule has 20 heavy (non-hydrogen) atoms. The Bertz CT molecular complexity index is 484. The van der Waals surface area contributed by atoms with Gasteiger partial charge < -0.3 is 9.64 Å². The Labute approximate surface area is 117 Å². The SMILES string of the molecule is NNC(=O)c1ccccc1OCC(=O)N1CCCCC1. The third-order valence-electron chi connectivity index (χ3n) is 3.32. The number of benzene rings is 1. The quantitative estimate of drug-likeness (QED) is 0.481. The monoisotopic (exact) mass is 277 g/mol. The molecule has 0 atom stereocenters. The first-order valence-corrected chi connectivity index (χ1v) is 6.73. The zero-order valence-electron chi connectivity index (χ0n) is 11.3. The van der Waals surface area contributed by atoms with Crippen molar-refractivity contribution >= 4 is 11.8 Å². The van der Waals surface area contributed by atoms with Crippen LogP contribution < -0.4 is 16.0 Å². The highest BCUT2D eigenvalue weighted by Gasteiger charge is 2.18. The Morgan fingerprint density at radius 1 is 1.20 bits per heavy atom. The van der Waals surface area contributed by atoms with E-state index in [2.05, 4.69) is 5.43 Å². The van der Waals surface area contributed by atoms with Crippen molar-refractivity contribution in [2.75, 3.05) is 19.7 Å². The van der Waals surface area contributed by atoms with Gasteiger partial charge in [-0.3, -0.25) is 15.0 Å². The van der Waals surface area contributed by atoms with Crippen LogP contribution in [0.3, 0.4) is 0 Å². The molecule has 0 saturated carbocycles. The molecule has 108 valence electrons. The van der Waals surface area contributed by atoms with E-state index in [4.69, 9.17) is 10.6 Å².